The van der Waals surface area contributed by atoms with Crippen LogP contribution in [0.15, 0.2) is 24.4 Å². The molecule has 0 N–H and O–H groups in total. The zero-order chi connectivity index (χ0) is 11.7. The van der Waals surface area contributed by atoms with Gasteiger partial charge in [-0.2, -0.15) is 5.10 Å². The van der Waals surface area contributed by atoms with Crippen LogP contribution >= 0.6 is 23.2 Å². The van der Waals surface area contributed by atoms with Gasteiger partial charge in [0.25, 0.3) is 0 Å². The van der Waals surface area contributed by atoms with Crippen molar-refractivity contribution in [2.24, 2.45) is 0 Å². The minimum Gasteiger partial charge on any atom is -0.239 e. The summed E-state index contributed by atoms with van der Waals surface area (Å²) in [5.74, 6) is -0.0731. The lowest BCUT2D eigenvalue weighted by molar-refractivity contribution is 0.624. The van der Waals surface area contributed by atoms with E-state index in [0.717, 1.165) is 0 Å². The van der Waals surface area contributed by atoms with Gasteiger partial charge in [-0.15, -0.1) is 11.6 Å². The molecule has 1 aromatic carbocycles. The first kappa shape index (κ1) is 11.4. The lowest BCUT2D eigenvalue weighted by Gasteiger charge is -2.03. The van der Waals surface area contributed by atoms with E-state index in [2.05, 4.69) is 5.10 Å². The van der Waals surface area contributed by atoms with Gasteiger partial charge in [0.05, 0.1) is 16.4 Å². The molecule has 0 unspecified atom stereocenters. The summed E-state index contributed by atoms with van der Waals surface area (Å²) in [6.45, 7) is 1.79. The topological polar surface area (TPSA) is 17.8 Å². The number of aromatic nitrogens is 2. The Bertz CT molecular complexity index is 503. The third-order valence-electron chi connectivity index (χ3n) is 2.20. The molecule has 0 bridgehead atoms. The molecular weight excluding hydrogens is 250 g/mol. The molecule has 1 heterocycles. The van der Waals surface area contributed by atoms with Gasteiger partial charge in [0.1, 0.15) is 5.82 Å². The number of nitrogens with zero attached hydrogens (tertiary/aromatic N) is 2. The molecule has 0 amide bonds. The highest BCUT2D eigenvalue weighted by Crippen LogP contribution is 2.19. The van der Waals surface area contributed by atoms with Gasteiger partial charge >= 0.3 is 0 Å². The van der Waals surface area contributed by atoms with Crippen molar-refractivity contribution in [2.45, 2.75) is 12.8 Å². The average molecular weight is 259 g/mol. The van der Waals surface area contributed by atoms with E-state index >= 15 is 0 Å². The first-order valence-electron chi connectivity index (χ1n) is 4.67. The van der Waals surface area contributed by atoms with Crippen LogP contribution in [-0.2, 0) is 5.88 Å². The molecule has 16 heavy (non-hydrogen) atoms. The molecule has 0 aliphatic carbocycles. The molecule has 0 saturated carbocycles. The lowest BCUT2D eigenvalue weighted by Crippen LogP contribution is -1.97. The van der Waals surface area contributed by atoms with Crippen molar-refractivity contribution < 1.29 is 4.39 Å². The number of aryl methyl sites for hydroxylation is 1. The molecule has 84 valence electrons. The van der Waals surface area contributed by atoms with Crippen molar-refractivity contribution in [1.29, 1.82) is 0 Å². The van der Waals surface area contributed by atoms with Crippen molar-refractivity contribution in [3.63, 3.8) is 0 Å². The second-order valence-electron chi connectivity index (χ2n) is 3.46. The number of halogens is 3. The van der Waals surface area contributed by atoms with Crippen molar-refractivity contribution in [3.8, 4) is 5.69 Å². The first-order chi connectivity index (χ1) is 7.60. The summed E-state index contributed by atoms with van der Waals surface area (Å²) in [6, 6.07) is 4.56. The SMILES string of the molecule is Cc1nn(-c2cc(F)cc(CCl)c2)cc1Cl. The number of alkyl halides is 1. The van der Waals surface area contributed by atoms with E-state index in [1.807, 2.05) is 0 Å². The Morgan fingerprint density at radius 3 is 2.69 bits per heavy atom. The van der Waals surface area contributed by atoms with Crippen molar-refractivity contribution in [3.05, 3.63) is 46.5 Å². The molecule has 0 spiro atoms. The van der Waals surface area contributed by atoms with Crippen LogP contribution in [0.25, 0.3) is 5.69 Å². The Balaban J connectivity index is 2.50. The summed E-state index contributed by atoms with van der Waals surface area (Å²) >= 11 is 11.6. The Hall–Kier alpha value is -1.06. The fourth-order valence-electron chi connectivity index (χ4n) is 1.41. The van der Waals surface area contributed by atoms with Crippen LogP contribution in [0.5, 0.6) is 0 Å². The zero-order valence-corrected chi connectivity index (χ0v) is 10.1. The van der Waals surface area contributed by atoms with E-state index in [1.165, 1.54) is 16.8 Å². The minimum atomic E-state index is -0.336. The average Bonchev–Trinajstić information content (AvgIpc) is 2.58. The summed E-state index contributed by atoms with van der Waals surface area (Å²) in [5.41, 5.74) is 2.03. The van der Waals surface area contributed by atoms with Gasteiger partial charge in [-0.1, -0.05) is 11.6 Å². The Morgan fingerprint density at radius 2 is 2.12 bits per heavy atom. The van der Waals surface area contributed by atoms with Crippen LogP contribution in [-0.4, -0.2) is 9.78 Å². The van der Waals surface area contributed by atoms with Crippen LogP contribution < -0.4 is 0 Å². The highest BCUT2D eigenvalue weighted by Gasteiger charge is 2.06. The molecule has 0 fully saturated rings. The van der Waals surface area contributed by atoms with Crippen molar-refractivity contribution in [2.75, 3.05) is 0 Å². The van der Waals surface area contributed by atoms with Crippen LogP contribution in [0.2, 0.25) is 5.02 Å². The maximum Gasteiger partial charge on any atom is 0.125 e. The summed E-state index contributed by atoms with van der Waals surface area (Å²) in [6.07, 6.45) is 1.64. The highest BCUT2D eigenvalue weighted by molar-refractivity contribution is 6.31. The zero-order valence-electron chi connectivity index (χ0n) is 8.54. The number of hydrogen-bond donors (Lipinski definition) is 0. The molecule has 0 atom stereocenters. The largest absolute Gasteiger partial charge is 0.239 e. The number of hydrogen-bond acceptors (Lipinski definition) is 1. The maximum atomic E-state index is 13.3. The van der Waals surface area contributed by atoms with Crippen LogP contribution in [0.3, 0.4) is 0 Å². The molecule has 2 nitrogen and oxygen atoms in total. The number of rotatable bonds is 2. The Kier molecular flexibility index (Phi) is 3.17. The molecule has 5 heteroatoms. The summed E-state index contributed by atoms with van der Waals surface area (Å²) in [4.78, 5) is 0. The molecule has 0 radical (unpaired) electrons. The molecule has 0 aliphatic heterocycles. The summed E-state index contributed by atoms with van der Waals surface area (Å²) in [7, 11) is 0. The predicted octanol–water partition coefficient (Wildman–Crippen LogP) is 3.71. The second-order valence-corrected chi connectivity index (χ2v) is 4.13. The third-order valence-corrected chi connectivity index (χ3v) is 2.88. The van der Waals surface area contributed by atoms with Gasteiger partial charge in [0.2, 0.25) is 0 Å². The van der Waals surface area contributed by atoms with Crippen molar-refractivity contribution in [1.82, 2.24) is 9.78 Å². The van der Waals surface area contributed by atoms with Crippen LogP contribution in [0.4, 0.5) is 4.39 Å². The molecule has 1 aromatic heterocycles. The molecule has 2 rings (SSSR count). The van der Waals surface area contributed by atoms with Gasteiger partial charge in [0.15, 0.2) is 0 Å². The summed E-state index contributed by atoms with van der Waals surface area (Å²) in [5, 5.41) is 4.72. The summed E-state index contributed by atoms with van der Waals surface area (Å²) < 4.78 is 14.8. The van der Waals surface area contributed by atoms with Gasteiger partial charge < -0.3 is 0 Å². The fourth-order valence-corrected chi connectivity index (χ4v) is 1.70. The van der Waals surface area contributed by atoms with Crippen LogP contribution in [0.1, 0.15) is 11.3 Å². The van der Waals surface area contributed by atoms with E-state index in [-0.39, 0.29) is 11.7 Å². The van der Waals surface area contributed by atoms with E-state index in [4.69, 9.17) is 23.2 Å². The third kappa shape index (κ3) is 2.20. The normalized spacial score (nSPS) is 10.8. The maximum absolute atomic E-state index is 13.3. The molecule has 2 aromatic rings. The monoisotopic (exact) mass is 258 g/mol. The van der Waals surface area contributed by atoms with Gasteiger partial charge in [0, 0.05) is 12.1 Å². The standard InChI is InChI=1S/C11H9Cl2FN2/c1-7-11(13)6-16(15-7)10-3-8(5-12)2-9(14)4-10/h2-4,6H,5H2,1H3. The lowest BCUT2D eigenvalue weighted by atomic mass is 10.2. The molecule has 0 saturated heterocycles. The van der Waals surface area contributed by atoms with E-state index in [9.17, 15) is 4.39 Å². The smallest absolute Gasteiger partial charge is 0.125 e. The predicted molar refractivity (Wildman–Crippen MR) is 62.8 cm³/mol. The first-order valence-corrected chi connectivity index (χ1v) is 5.59. The van der Waals surface area contributed by atoms with E-state index in [1.54, 1.807) is 19.2 Å². The quantitative estimate of drug-likeness (QED) is 0.751. The van der Waals surface area contributed by atoms with Crippen LogP contribution in [0, 0.1) is 12.7 Å². The number of benzene rings is 1. The fraction of sp³-hybridized carbons (Fsp3) is 0.182. The Labute approximate surface area is 103 Å². The van der Waals surface area contributed by atoms with Crippen molar-refractivity contribution >= 4 is 23.2 Å². The molecule has 0 aliphatic rings. The van der Waals surface area contributed by atoms with E-state index in [0.29, 0.717) is 22.0 Å². The molecular formula is C11H9Cl2FN2. The highest BCUT2D eigenvalue weighted by atomic mass is 35.5. The van der Waals surface area contributed by atoms with Gasteiger partial charge in [-0.25, -0.2) is 9.07 Å². The van der Waals surface area contributed by atoms with E-state index < -0.39 is 0 Å². The minimum absolute atomic E-state index is 0.263. The Morgan fingerprint density at radius 1 is 1.38 bits per heavy atom. The second kappa shape index (κ2) is 4.44. The van der Waals surface area contributed by atoms with Gasteiger partial charge in [-0.3, -0.25) is 0 Å². The van der Waals surface area contributed by atoms with Gasteiger partial charge in [-0.05, 0) is 30.7 Å².